The van der Waals surface area contributed by atoms with Crippen molar-refractivity contribution in [2.75, 3.05) is 19.8 Å². The first kappa shape index (κ1) is 21.4. The Bertz CT molecular complexity index is 789. The molecule has 1 fully saturated rings. The highest BCUT2D eigenvalue weighted by Crippen LogP contribution is 2.35. The van der Waals surface area contributed by atoms with Crippen molar-refractivity contribution in [1.29, 1.82) is 0 Å². The summed E-state index contributed by atoms with van der Waals surface area (Å²) in [6, 6.07) is 5.56. The highest BCUT2D eigenvalue weighted by atomic mass is 16.6. The molecule has 0 spiro atoms. The Hall–Kier alpha value is -2.29. The van der Waals surface area contributed by atoms with Crippen molar-refractivity contribution in [2.45, 2.75) is 50.3 Å². The summed E-state index contributed by atoms with van der Waals surface area (Å²) in [7, 11) is 0. The lowest BCUT2D eigenvalue weighted by Crippen LogP contribution is -2.56. The van der Waals surface area contributed by atoms with Crippen LogP contribution in [-0.2, 0) is 25.5 Å². The number of Topliss-reactive ketones (excluding diaryl/α,β-unsaturated/α-hetero) is 1. The fraction of sp³-hybridized carbons (Fsp3) is 0.571. The summed E-state index contributed by atoms with van der Waals surface area (Å²) >= 11 is 0. The van der Waals surface area contributed by atoms with Crippen molar-refractivity contribution >= 4 is 17.6 Å². The second-order valence-electron chi connectivity index (χ2n) is 8.20. The quantitative estimate of drug-likeness (QED) is 0.395. The number of rotatable bonds is 10. The first-order chi connectivity index (χ1) is 13.8. The minimum atomic E-state index is -1.25. The molecule has 1 aliphatic carbocycles. The number of aliphatic hydroxyl groups excluding tert-OH is 2. The number of carbonyl (C=O) groups is 3. The van der Waals surface area contributed by atoms with Gasteiger partial charge in [-0.1, -0.05) is 38.1 Å². The van der Waals surface area contributed by atoms with E-state index in [-0.39, 0.29) is 24.3 Å². The van der Waals surface area contributed by atoms with Gasteiger partial charge in [-0.2, -0.15) is 0 Å². The van der Waals surface area contributed by atoms with Gasteiger partial charge in [0, 0.05) is 0 Å². The maximum absolute atomic E-state index is 12.7. The van der Waals surface area contributed by atoms with Crippen LogP contribution in [0.15, 0.2) is 24.3 Å². The molecule has 158 valence electrons. The van der Waals surface area contributed by atoms with Gasteiger partial charge in [0.05, 0.1) is 31.8 Å². The molecule has 0 radical (unpaired) electrons. The number of ketones is 1. The number of hydrogen-bond acceptors (Lipinski definition) is 6. The Kier molecular flexibility index (Phi) is 6.36. The van der Waals surface area contributed by atoms with Crippen molar-refractivity contribution in [3.63, 3.8) is 0 Å². The van der Waals surface area contributed by atoms with Crippen molar-refractivity contribution in [1.82, 2.24) is 10.6 Å². The predicted octanol–water partition coefficient (Wildman–Crippen LogP) is -0.335. The molecule has 3 rings (SSSR count). The number of ether oxygens (including phenoxy) is 1. The van der Waals surface area contributed by atoms with Crippen molar-refractivity contribution in [3.8, 4) is 0 Å². The molecule has 1 aromatic rings. The van der Waals surface area contributed by atoms with Crippen LogP contribution in [0.5, 0.6) is 0 Å². The van der Waals surface area contributed by atoms with Crippen LogP contribution in [0.4, 0.5) is 0 Å². The standard InChI is InChI=1S/C21H28N2O6/c1-12(2)7-16(18(26)21(10-25)11-29-21)22-20(28)17(9-24)23-19(27)15-8-13-5-3-4-6-14(13)15/h3-6,12,15-17,24-25H,7-11H2,1-2H3,(H,22,28)(H,23,27)/t15?,16-,17-,21+/m0/s1. The van der Waals surface area contributed by atoms with Gasteiger partial charge in [-0.05, 0) is 29.9 Å². The zero-order valence-corrected chi connectivity index (χ0v) is 16.7. The molecule has 1 aliphatic heterocycles. The van der Waals surface area contributed by atoms with Crippen LogP contribution < -0.4 is 10.6 Å². The largest absolute Gasteiger partial charge is 0.394 e. The topological polar surface area (TPSA) is 128 Å². The Morgan fingerprint density at radius 1 is 1.17 bits per heavy atom. The second-order valence-corrected chi connectivity index (χ2v) is 8.20. The average Bonchev–Trinajstić information content (AvgIpc) is 3.46. The van der Waals surface area contributed by atoms with E-state index >= 15 is 0 Å². The number of benzene rings is 1. The number of amides is 2. The third-order valence-corrected chi connectivity index (χ3v) is 5.52. The van der Waals surface area contributed by atoms with E-state index in [2.05, 4.69) is 10.6 Å². The third-order valence-electron chi connectivity index (χ3n) is 5.52. The van der Waals surface area contributed by atoms with Gasteiger partial charge >= 0.3 is 0 Å². The molecule has 1 saturated heterocycles. The lowest BCUT2D eigenvalue weighted by Gasteiger charge is -2.30. The normalized spacial score (nSPS) is 24.1. The van der Waals surface area contributed by atoms with Crippen LogP contribution in [0.1, 0.15) is 37.3 Å². The number of fused-ring (bicyclic) bond motifs is 1. The molecule has 8 heteroatoms. The molecule has 4 atom stereocenters. The van der Waals surface area contributed by atoms with E-state index in [1.54, 1.807) is 0 Å². The van der Waals surface area contributed by atoms with Gasteiger partial charge in [0.2, 0.25) is 11.8 Å². The van der Waals surface area contributed by atoms with E-state index in [0.717, 1.165) is 11.1 Å². The Labute approximate surface area is 169 Å². The van der Waals surface area contributed by atoms with Crippen molar-refractivity contribution in [3.05, 3.63) is 35.4 Å². The van der Waals surface area contributed by atoms with Gasteiger partial charge in [-0.25, -0.2) is 0 Å². The molecule has 0 saturated carbocycles. The highest BCUT2D eigenvalue weighted by Gasteiger charge is 2.54. The zero-order valence-electron chi connectivity index (χ0n) is 16.7. The summed E-state index contributed by atoms with van der Waals surface area (Å²) in [5.74, 6) is -1.60. The van der Waals surface area contributed by atoms with Gasteiger partial charge in [0.1, 0.15) is 6.04 Å². The zero-order chi connectivity index (χ0) is 21.2. The smallest absolute Gasteiger partial charge is 0.245 e. The molecule has 4 N–H and O–H groups in total. The third kappa shape index (κ3) is 4.49. The van der Waals surface area contributed by atoms with Crippen LogP contribution in [-0.4, -0.2) is 65.3 Å². The molecule has 1 heterocycles. The SMILES string of the molecule is CC(C)C[C@H](NC(=O)[C@H](CO)NC(=O)C1Cc2ccccc21)C(=O)[C@@]1(CO)CO1. The van der Waals surface area contributed by atoms with Gasteiger partial charge in [-0.15, -0.1) is 0 Å². The molecule has 8 nitrogen and oxygen atoms in total. The number of nitrogens with one attached hydrogen (secondary N) is 2. The predicted molar refractivity (Wildman–Crippen MR) is 104 cm³/mol. The fourth-order valence-electron chi connectivity index (χ4n) is 3.65. The summed E-state index contributed by atoms with van der Waals surface area (Å²) in [6.07, 6.45) is 0.949. The van der Waals surface area contributed by atoms with Crippen LogP contribution in [0.3, 0.4) is 0 Å². The lowest BCUT2D eigenvalue weighted by atomic mass is 9.77. The van der Waals surface area contributed by atoms with Crippen LogP contribution in [0.2, 0.25) is 0 Å². The van der Waals surface area contributed by atoms with Crippen LogP contribution in [0.25, 0.3) is 0 Å². The molecule has 0 aromatic heterocycles. The molecular formula is C21H28N2O6. The van der Waals surface area contributed by atoms with Crippen LogP contribution >= 0.6 is 0 Å². The van der Waals surface area contributed by atoms with E-state index in [1.165, 1.54) is 0 Å². The minimum absolute atomic E-state index is 0.104. The van der Waals surface area contributed by atoms with E-state index in [1.807, 2.05) is 38.1 Å². The number of hydrogen-bond donors (Lipinski definition) is 4. The molecular weight excluding hydrogens is 376 g/mol. The molecule has 0 bridgehead atoms. The van der Waals surface area contributed by atoms with Gasteiger partial charge in [-0.3, -0.25) is 14.4 Å². The molecule has 29 heavy (non-hydrogen) atoms. The number of carbonyl (C=O) groups excluding carboxylic acids is 3. The molecule has 1 aromatic carbocycles. The van der Waals surface area contributed by atoms with E-state index in [9.17, 15) is 24.6 Å². The Balaban J connectivity index is 1.63. The maximum Gasteiger partial charge on any atom is 0.245 e. The fourth-order valence-corrected chi connectivity index (χ4v) is 3.65. The van der Waals surface area contributed by atoms with Crippen molar-refractivity contribution in [2.24, 2.45) is 5.92 Å². The molecule has 2 aliphatic rings. The first-order valence-corrected chi connectivity index (χ1v) is 9.90. The van der Waals surface area contributed by atoms with E-state index in [4.69, 9.17) is 4.74 Å². The average molecular weight is 404 g/mol. The first-order valence-electron chi connectivity index (χ1n) is 9.90. The monoisotopic (exact) mass is 404 g/mol. The Morgan fingerprint density at radius 2 is 1.86 bits per heavy atom. The summed E-state index contributed by atoms with van der Waals surface area (Å²) in [5.41, 5.74) is 0.769. The van der Waals surface area contributed by atoms with E-state index < -0.39 is 42.6 Å². The summed E-state index contributed by atoms with van der Waals surface area (Å²) < 4.78 is 5.12. The Morgan fingerprint density at radius 3 is 2.41 bits per heavy atom. The maximum atomic E-state index is 12.7. The van der Waals surface area contributed by atoms with Gasteiger partial charge in [0.25, 0.3) is 0 Å². The summed E-state index contributed by atoms with van der Waals surface area (Å²) in [5, 5.41) is 24.3. The van der Waals surface area contributed by atoms with Gasteiger partial charge < -0.3 is 25.6 Å². The lowest BCUT2D eigenvalue weighted by molar-refractivity contribution is -0.135. The minimum Gasteiger partial charge on any atom is -0.394 e. The van der Waals surface area contributed by atoms with Gasteiger partial charge in [0.15, 0.2) is 11.4 Å². The molecule has 1 unspecified atom stereocenters. The second kappa shape index (κ2) is 8.61. The number of aliphatic hydroxyl groups is 2. The summed E-state index contributed by atoms with van der Waals surface area (Å²) in [4.78, 5) is 37.9. The molecule has 2 amide bonds. The van der Waals surface area contributed by atoms with Crippen LogP contribution in [0, 0.1) is 5.92 Å². The summed E-state index contributed by atoms with van der Waals surface area (Å²) in [6.45, 7) is 2.90. The number of epoxide rings is 1. The van der Waals surface area contributed by atoms with Crippen molar-refractivity contribution < 1.29 is 29.3 Å². The van der Waals surface area contributed by atoms with E-state index in [0.29, 0.717) is 12.8 Å². The highest BCUT2D eigenvalue weighted by molar-refractivity contribution is 5.98.